The number of aromatic nitrogens is 4. The largest absolute Gasteiger partial charge is 0.485 e. The molecule has 34 heavy (non-hydrogen) atoms. The second kappa shape index (κ2) is 10.5. The summed E-state index contributed by atoms with van der Waals surface area (Å²) in [6, 6.07) is 24.5. The summed E-state index contributed by atoms with van der Waals surface area (Å²) in [5, 5.41) is 12.5. The standard InChI is InChI=1S/C26H25N5O2S/c1-31-26(28-29-30-31)34-18-23-22-15-25(33-17-20-10-6-3-7-11-20)24(14-21(22)12-13-27-23)32-16-19-8-4-2-5-9-19/h2-11,14-15H,12-13,16-18H2,1H3. The number of aliphatic imine (C=N–C) groups is 1. The van der Waals surface area contributed by atoms with Crippen molar-refractivity contribution in [3.05, 3.63) is 95.1 Å². The van der Waals surface area contributed by atoms with E-state index in [0.717, 1.165) is 52.0 Å². The SMILES string of the molecule is Cn1nnnc1SCC1=NCCc2cc(OCc3ccccc3)c(OCc3ccccc3)cc21. The summed E-state index contributed by atoms with van der Waals surface area (Å²) < 4.78 is 14.2. The van der Waals surface area contributed by atoms with Gasteiger partial charge in [-0.25, -0.2) is 4.68 Å². The number of ether oxygens (including phenoxy) is 2. The predicted molar refractivity (Wildman–Crippen MR) is 133 cm³/mol. The molecule has 2 heterocycles. The first-order valence-electron chi connectivity index (χ1n) is 11.2. The molecule has 3 aromatic carbocycles. The fourth-order valence-corrected chi connectivity index (χ4v) is 4.60. The Bertz CT molecular complexity index is 1280. The van der Waals surface area contributed by atoms with Crippen LogP contribution in [0, 0.1) is 0 Å². The number of tetrazole rings is 1. The van der Waals surface area contributed by atoms with Crippen molar-refractivity contribution in [2.24, 2.45) is 12.0 Å². The van der Waals surface area contributed by atoms with Crippen molar-refractivity contribution in [3.63, 3.8) is 0 Å². The van der Waals surface area contributed by atoms with Gasteiger partial charge in [-0.15, -0.1) is 5.10 Å². The molecule has 0 spiro atoms. The lowest BCUT2D eigenvalue weighted by molar-refractivity contribution is 0.255. The van der Waals surface area contributed by atoms with Gasteiger partial charge in [0, 0.05) is 24.9 Å². The number of nitrogens with zero attached hydrogens (tertiary/aromatic N) is 5. The fraction of sp³-hybridized carbons (Fsp3) is 0.231. The summed E-state index contributed by atoms with van der Waals surface area (Å²) in [6.07, 6.45) is 0.871. The molecule has 0 aliphatic carbocycles. The van der Waals surface area contributed by atoms with Crippen LogP contribution < -0.4 is 9.47 Å². The molecule has 0 saturated carbocycles. The third-order valence-electron chi connectivity index (χ3n) is 5.56. The van der Waals surface area contributed by atoms with Crippen LogP contribution >= 0.6 is 11.8 Å². The first-order chi connectivity index (χ1) is 16.8. The zero-order valence-electron chi connectivity index (χ0n) is 18.9. The predicted octanol–water partition coefficient (Wildman–Crippen LogP) is 4.51. The Morgan fingerprint density at radius 2 is 1.53 bits per heavy atom. The maximum atomic E-state index is 6.27. The highest BCUT2D eigenvalue weighted by molar-refractivity contribution is 7.99. The highest BCUT2D eigenvalue weighted by Gasteiger charge is 2.20. The van der Waals surface area contributed by atoms with Gasteiger partial charge in [-0.2, -0.15) is 0 Å². The number of benzene rings is 3. The maximum Gasteiger partial charge on any atom is 0.209 e. The third-order valence-corrected chi connectivity index (χ3v) is 6.58. The van der Waals surface area contributed by atoms with Gasteiger partial charge in [0.15, 0.2) is 11.5 Å². The average molecular weight is 472 g/mol. The summed E-state index contributed by atoms with van der Waals surface area (Å²) in [5.74, 6) is 2.16. The molecule has 0 amide bonds. The highest BCUT2D eigenvalue weighted by atomic mass is 32.2. The van der Waals surface area contributed by atoms with Crippen LogP contribution in [0.1, 0.15) is 22.3 Å². The molecule has 0 fully saturated rings. The Morgan fingerprint density at radius 3 is 2.15 bits per heavy atom. The van der Waals surface area contributed by atoms with E-state index in [9.17, 15) is 0 Å². The van der Waals surface area contributed by atoms with Crippen molar-refractivity contribution in [2.75, 3.05) is 12.3 Å². The van der Waals surface area contributed by atoms with Crippen molar-refractivity contribution >= 4 is 17.5 Å². The van der Waals surface area contributed by atoms with Crippen LogP contribution in [-0.4, -0.2) is 38.2 Å². The van der Waals surface area contributed by atoms with Crippen molar-refractivity contribution in [1.82, 2.24) is 20.2 Å². The summed E-state index contributed by atoms with van der Waals surface area (Å²) in [7, 11) is 1.84. The van der Waals surface area contributed by atoms with E-state index >= 15 is 0 Å². The first kappa shape index (κ1) is 22.2. The molecule has 4 aromatic rings. The molecule has 0 atom stereocenters. The lowest BCUT2D eigenvalue weighted by Gasteiger charge is -2.21. The quantitative estimate of drug-likeness (QED) is 0.335. The van der Waals surface area contributed by atoms with Crippen LogP contribution in [-0.2, 0) is 26.7 Å². The van der Waals surface area contributed by atoms with Gasteiger partial charge >= 0.3 is 0 Å². The van der Waals surface area contributed by atoms with Crippen LogP contribution in [0.5, 0.6) is 11.5 Å². The average Bonchev–Trinajstić information content (AvgIpc) is 3.30. The Labute approximate surface area is 202 Å². The Kier molecular flexibility index (Phi) is 6.86. The minimum absolute atomic E-state index is 0.465. The molecule has 0 saturated heterocycles. The van der Waals surface area contributed by atoms with Gasteiger partial charge in [0.05, 0.1) is 5.71 Å². The van der Waals surface area contributed by atoms with Crippen molar-refractivity contribution in [1.29, 1.82) is 0 Å². The lowest BCUT2D eigenvalue weighted by Crippen LogP contribution is -2.16. The summed E-state index contributed by atoms with van der Waals surface area (Å²) in [6.45, 7) is 1.70. The Balaban J connectivity index is 1.40. The van der Waals surface area contributed by atoms with Crippen LogP contribution in [0.15, 0.2) is 82.9 Å². The smallest absolute Gasteiger partial charge is 0.209 e. The molecule has 5 rings (SSSR count). The van der Waals surface area contributed by atoms with E-state index in [1.165, 1.54) is 5.56 Å². The molecular formula is C26H25N5O2S. The zero-order chi connectivity index (χ0) is 23.2. The Morgan fingerprint density at radius 1 is 0.882 bits per heavy atom. The summed E-state index contributed by atoms with van der Waals surface area (Å²) in [4.78, 5) is 4.80. The summed E-state index contributed by atoms with van der Waals surface area (Å²) >= 11 is 1.58. The van der Waals surface area contributed by atoms with E-state index in [4.69, 9.17) is 14.5 Å². The molecule has 0 radical (unpaired) electrons. The van der Waals surface area contributed by atoms with E-state index in [0.29, 0.717) is 19.0 Å². The topological polar surface area (TPSA) is 74.4 Å². The molecular weight excluding hydrogens is 446 g/mol. The first-order valence-corrected chi connectivity index (χ1v) is 12.1. The van der Waals surface area contributed by atoms with Gasteiger partial charge in [-0.1, -0.05) is 72.4 Å². The number of hydrogen-bond acceptors (Lipinski definition) is 7. The molecule has 1 aliphatic heterocycles. The molecule has 1 aromatic heterocycles. The molecule has 8 heteroatoms. The number of thioether (sulfide) groups is 1. The number of aryl methyl sites for hydroxylation is 1. The third kappa shape index (κ3) is 5.28. The Hall–Kier alpha value is -3.65. The van der Waals surface area contributed by atoms with Crippen molar-refractivity contribution in [2.45, 2.75) is 24.8 Å². The van der Waals surface area contributed by atoms with E-state index in [-0.39, 0.29) is 0 Å². The second-order valence-electron chi connectivity index (χ2n) is 7.96. The monoisotopic (exact) mass is 471 g/mol. The minimum atomic E-state index is 0.465. The molecule has 0 unspecified atom stereocenters. The summed E-state index contributed by atoms with van der Waals surface area (Å²) in [5.41, 5.74) is 5.56. The van der Waals surface area contributed by atoms with Gasteiger partial charge in [0.1, 0.15) is 13.2 Å². The molecule has 0 N–H and O–H groups in total. The minimum Gasteiger partial charge on any atom is -0.485 e. The van der Waals surface area contributed by atoms with Gasteiger partial charge in [0.2, 0.25) is 5.16 Å². The highest BCUT2D eigenvalue weighted by Crippen LogP contribution is 2.35. The van der Waals surface area contributed by atoms with Gasteiger partial charge in [0.25, 0.3) is 0 Å². The van der Waals surface area contributed by atoms with Gasteiger partial charge in [-0.05, 0) is 45.7 Å². The van der Waals surface area contributed by atoms with E-state index in [1.54, 1.807) is 16.4 Å². The van der Waals surface area contributed by atoms with Crippen LogP contribution in [0.25, 0.3) is 0 Å². The maximum absolute atomic E-state index is 6.27. The lowest BCUT2D eigenvalue weighted by atomic mass is 9.97. The molecule has 0 bridgehead atoms. The molecule has 7 nitrogen and oxygen atoms in total. The van der Waals surface area contributed by atoms with Crippen LogP contribution in [0.4, 0.5) is 0 Å². The zero-order valence-corrected chi connectivity index (χ0v) is 19.7. The normalized spacial score (nSPS) is 12.7. The van der Waals surface area contributed by atoms with Gasteiger partial charge < -0.3 is 9.47 Å². The fourth-order valence-electron chi connectivity index (χ4n) is 3.77. The number of rotatable bonds is 9. The molecule has 1 aliphatic rings. The second-order valence-corrected chi connectivity index (χ2v) is 8.90. The van der Waals surface area contributed by atoms with Crippen LogP contribution in [0.3, 0.4) is 0 Å². The van der Waals surface area contributed by atoms with Crippen LogP contribution in [0.2, 0.25) is 0 Å². The van der Waals surface area contributed by atoms with E-state index < -0.39 is 0 Å². The van der Waals surface area contributed by atoms with E-state index in [2.05, 4.69) is 51.9 Å². The van der Waals surface area contributed by atoms with E-state index in [1.807, 2.05) is 43.4 Å². The molecule has 172 valence electrons. The van der Waals surface area contributed by atoms with Crippen molar-refractivity contribution in [3.8, 4) is 11.5 Å². The number of hydrogen-bond donors (Lipinski definition) is 0. The van der Waals surface area contributed by atoms with Gasteiger partial charge in [-0.3, -0.25) is 4.99 Å². The van der Waals surface area contributed by atoms with Crippen molar-refractivity contribution < 1.29 is 9.47 Å². The number of fused-ring (bicyclic) bond motifs is 1.